The van der Waals surface area contributed by atoms with E-state index in [1.54, 1.807) is 25.3 Å². The van der Waals surface area contributed by atoms with Crippen molar-refractivity contribution in [3.8, 4) is 0 Å². The van der Waals surface area contributed by atoms with Gasteiger partial charge < -0.3 is 9.30 Å². The molecule has 0 saturated carbocycles. The highest BCUT2D eigenvalue weighted by molar-refractivity contribution is 7.89. The molecule has 0 aliphatic rings. The second kappa shape index (κ2) is 10.7. The third-order valence-electron chi connectivity index (χ3n) is 5.81. The molecule has 10 heteroatoms. The summed E-state index contributed by atoms with van der Waals surface area (Å²) in [4.78, 5) is 30.2. The number of benzene rings is 3. The number of rotatable bonds is 8. The fourth-order valence-electron chi connectivity index (χ4n) is 4.01. The van der Waals surface area contributed by atoms with E-state index < -0.39 is 21.9 Å². The van der Waals surface area contributed by atoms with E-state index in [2.05, 4.69) is 4.99 Å². The van der Waals surface area contributed by atoms with Gasteiger partial charge >= 0.3 is 5.97 Å². The minimum Gasteiger partial charge on any atom is -0.465 e. The first-order valence-corrected chi connectivity index (χ1v) is 13.9. The molecule has 0 radical (unpaired) electrons. The average molecular weight is 526 g/mol. The molecule has 0 fully saturated rings. The van der Waals surface area contributed by atoms with E-state index in [1.807, 2.05) is 36.4 Å². The number of aromatic nitrogens is 1. The maximum absolute atomic E-state index is 13.1. The van der Waals surface area contributed by atoms with Gasteiger partial charge in [-0.1, -0.05) is 55.5 Å². The van der Waals surface area contributed by atoms with Crippen LogP contribution in [0.4, 0.5) is 0 Å². The van der Waals surface area contributed by atoms with Gasteiger partial charge in [-0.15, -0.1) is 0 Å². The van der Waals surface area contributed by atoms with Crippen LogP contribution in [0.15, 0.2) is 70.6 Å². The number of sulfonamides is 1. The molecule has 0 atom stereocenters. The number of amides is 1. The number of hydrogen-bond donors (Lipinski definition) is 0. The fraction of sp³-hybridized carbons (Fsp3) is 0.269. The van der Waals surface area contributed by atoms with Crippen LogP contribution in [0.1, 0.15) is 31.1 Å². The topological polar surface area (TPSA) is 98.0 Å². The Labute approximate surface area is 213 Å². The monoisotopic (exact) mass is 525 g/mol. The van der Waals surface area contributed by atoms with Gasteiger partial charge in [0.05, 0.1) is 21.7 Å². The lowest BCUT2D eigenvalue weighted by molar-refractivity contribution is -0.143. The Kier molecular flexibility index (Phi) is 7.67. The van der Waals surface area contributed by atoms with Crippen LogP contribution in [-0.2, 0) is 26.1 Å². The van der Waals surface area contributed by atoms with Crippen LogP contribution in [0.25, 0.3) is 21.0 Å². The number of hydrogen-bond acceptors (Lipinski definition) is 6. The number of ether oxygens (including phenoxy) is 1. The third kappa shape index (κ3) is 4.97. The summed E-state index contributed by atoms with van der Waals surface area (Å²) in [6, 6.07) is 17.5. The van der Waals surface area contributed by atoms with Gasteiger partial charge in [0, 0.05) is 24.0 Å². The summed E-state index contributed by atoms with van der Waals surface area (Å²) in [5, 5.41) is 2.04. The summed E-state index contributed by atoms with van der Waals surface area (Å²) in [6.07, 6.45) is 0. The van der Waals surface area contributed by atoms with Gasteiger partial charge in [0.2, 0.25) is 10.0 Å². The summed E-state index contributed by atoms with van der Waals surface area (Å²) in [6.45, 7) is 6.17. The molecule has 188 valence electrons. The normalized spacial score (nSPS) is 12.5. The average Bonchev–Trinajstić information content (AvgIpc) is 3.21. The molecule has 1 heterocycles. The minimum atomic E-state index is -3.63. The SMILES string of the molecule is CCOC(=O)Cn1c(=NC(=O)c2ccc(S(=O)(=O)N(CC)CC)cc2)sc2c3ccccc3ccc21. The van der Waals surface area contributed by atoms with Crippen LogP contribution in [0, 0.1) is 0 Å². The summed E-state index contributed by atoms with van der Waals surface area (Å²) >= 11 is 1.32. The van der Waals surface area contributed by atoms with Crippen molar-refractivity contribution in [1.82, 2.24) is 8.87 Å². The Morgan fingerprint density at radius 1 is 0.972 bits per heavy atom. The van der Waals surface area contributed by atoms with Crippen molar-refractivity contribution in [3.63, 3.8) is 0 Å². The molecule has 1 aromatic heterocycles. The first-order valence-electron chi connectivity index (χ1n) is 11.7. The first kappa shape index (κ1) is 25.7. The zero-order valence-corrected chi connectivity index (χ0v) is 21.9. The van der Waals surface area contributed by atoms with Gasteiger partial charge in [-0.3, -0.25) is 9.59 Å². The van der Waals surface area contributed by atoms with Gasteiger partial charge in [-0.25, -0.2) is 8.42 Å². The molecule has 36 heavy (non-hydrogen) atoms. The second-order valence-corrected chi connectivity index (χ2v) is 10.9. The lowest BCUT2D eigenvalue weighted by Gasteiger charge is -2.18. The van der Waals surface area contributed by atoms with Crippen molar-refractivity contribution >= 4 is 54.2 Å². The highest BCUT2D eigenvalue weighted by Crippen LogP contribution is 2.28. The largest absolute Gasteiger partial charge is 0.465 e. The lowest BCUT2D eigenvalue weighted by atomic mass is 10.1. The van der Waals surface area contributed by atoms with E-state index in [4.69, 9.17) is 4.74 Å². The van der Waals surface area contributed by atoms with Crippen molar-refractivity contribution in [1.29, 1.82) is 0 Å². The minimum absolute atomic E-state index is 0.0840. The molecule has 0 unspecified atom stereocenters. The molecular weight excluding hydrogens is 498 g/mol. The molecule has 3 aromatic carbocycles. The second-order valence-electron chi connectivity index (χ2n) is 7.94. The highest BCUT2D eigenvalue weighted by atomic mass is 32.2. The highest BCUT2D eigenvalue weighted by Gasteiger charge is 2.22. The third-order valence-corrected chi connectivity index (χ3v) is 9.00. The molecule has 0 saturated heterocycles. The molecule has 4 aromatic rings. The Balaban J connectivity index is 1.78. The first-order chi connectivity index (χ1) is 17.3. The van der Waals surface area contributed by atoms with Gasteiger partial charge in [0.15, 0.2) is 4.80 Å². The number of fused-ring (bicyclic) bond motifs is 3. The van der Waals surface area contributed by atoms with Crippen molar-refractivity contribution < 1.29 is 22.7 Å². The number of carbonyl (C=O) groups is 2. The Bertz CT molecular complexity index is 1600. The van der Waals surface area contributed by atoms with E-state index in [0.29, 0.717) is 17.9 Å². The maximum Gasteiger partial charge on any atom is 0.326 e. The van der Waals surface area contributed by atoms with Crippen LogP contribution in [0.5, 0.6) is 0 Å². The summed E-state index contributed by atoms with van der Waals surface area (Å²) < 4.78 is 34.6. The van der Waals surface area contributed by atoms with Crippen LogP contribution in [0.3, 0.4) is 0 Å². The van der Waals surface area contributed by atoms with Crippen molar-refractivity contribution in [2.45, 2.75) is 32.2 Å². The lowest BCUT2D eigenvalue weighted by Crippen LogP contribution is -2.30. The van der Waals surface area contributed by atoms with Gasteiger partial charge in [0.25, 0.3) is 5.91 Å². The zero-order chi connectivity index (χ0) is 25.9. The summed E-state index contributed by atoms with van der Waals surface area (Å²) in [5.41, 5.74) is 1.03. The van der Waals surface area contributed by atoms with Crippen molar-refractivity contribution in [3.05, 3.63) is 71.0 Å². The Morgan fingerprint density at radius 2 is 1.67 bits per heavy atom. The molecule has 8 nitrogen and oxygen atoms in total. The molecule has 0 N–H and O–H groups in total. The van der Waals surface area contributed by atoms with Crippen LogP contribution in [-0.4, -0.2) is 48.9 Å². The van der Waals surface area contributed by atoms with E-state index in [9.17, 15) is 18.0 Å². The van der Waals surface area contributed by atoms with Crippen LogP contribution >= 0.6 is 11.3 Å². The van der Waals surface area contributed by atoms with Gasteiger partial charge in [0.1, 0.15) is 6.54 Å². The van der Waals surface area contributed by atoms with Gasteiger partial charge in [-0.2, -0.15) is 9.30 Å². The molecule has 1 amide bonds. The predicted octanol–water partition coefficient (Wildman–Crippen LogP) is 4.19. The smallest absolute Gasteiger partial charge is 0.326 e. The molecule has 0 bridgehead atoms. The summed E-state index contributed by atoms with van der Waals surface area (Å²) in [5.74, 6) is -0.958. The van der Waals surface area contributed by atoms with Crippen molar-refractivity contribution in [2.24, 2.45) is 4.99 Å². The number of nitrogens with zero attached hydrogens (tertiary/aromatic N) is 3. The Hall–Kier alpha value is -3.34. The predicted molar refractivity (Wildman–Crippen MR) is 140 cm³/mol. The number of carbonyl (C=O) groups excluding carboxylic acids is 2. The number of thiazole rings is 1. The fourth-order valence-corrected chi connectivity index (χ4v) is 6.63. The standard InChI is InChI=1S/C26H27N3O5S2/c1-4-28(5-2)36(32,33)20-14-11-19(12-15-20)25(31)27-26-29(17-23(30)34-6-3)22-16-13-18-9-7-8-10-21(18)24(22)35-26/h7-16H,4-6,17H2,1-3H3. The van der Waals surface area contributed by atoms with Crippen LogP contribution < -0.4 is 4.80 Å². The molecular formula is C26H27N3O5S2. The van der Waals surface area contributed by atoms with E-state index in [0.717, 1.165) is 21.0 Å². The number of esters is 1. The van der Waals surface area contributed by atoms with Crippen LogP contribution in [0.2, 0.25) is 0 Å². The maximum atomic E-state index is 13.1. The summed E-state index contributed by atoms with van der Waals surface area (Å²) in [7, 11) is -3.63. The van der Waals surface area contributed by atoms with E-state index >= 15 is 0 Å². The zero-order valence-electron chi connectivity index (χ0n) is 20.3. The molecule has 0 aliphatic heterocycles. The Morgan fingerprint density at radius 3 is 2.33 bits per heavy atom. The van der Waals surface area contributed by atoms with E-state index in [1.165, 1.54) is 39.9 Å². The molecule has 0 spiro atoms. The van der Waals surface area contributed by atoms with E-state index in [-0.39, 0.29) is 23.6 Å². The quantitative estimate of drug-likeness (QED) is 0.321. The molecule has 0 aliphatic carbocycles. The van der Waals surface area contributed by atoms with Gasteiger partial charge in [-0.05, 0) is 42.6 Å². The molecule has 4 rings (SSSR count). The van der Waals surface area contributed by atoms with Crippen molar-refractivity contribution in [2.75, 3.05) is 19.7 Å².